The van der Waals surface area contributed by atoms with E-state index in [0.717, 1.165) is 29.8 Å². The van der Waals surface area contributed by atoms with Gasteiger partial charge in [0.1, 0.15) is 0 Å². The second-order valence-corrected chi connectivity index (χ2v) is 10.6. The van der Waals surface area contributed by atoms with Crippen LogP contribution in [0.25, 0.3) is 0 Å². The number of sulfonamides is 1. The molecule has 0 amide bonds. The number of nitrogens with one attached hydrogen (secondary N) is 1. The molecule has 3 rings (SSSR count). The molecule has 0 aliphatic carbocycles. The van der Waals surface area contributed by atoms with E-state index < -0.39 is 28.3 Å². The van der Waals surface area contributed by atoms with Crippen LogP contribution in [-0.2, 0) is 19.3 Å². The van der Waals surface area contributed by atoms with Crippen molar-refractivity contribution in [2.75, 3.05) is 11.5 Å². The summed E-state index contributed by atoms with van der Waals surface area (Å²) in [5, 5.41) is 0. The van der Waals surface area contributed by atoms with E-state index in [1.54, 1.807) is 24.3 Å². The van der Waals surface area contributed by atoms with Gasteiger partial charge >= 0.3 is 7.12 Å². The van der Waals surface area contributed by atoms with Crippen molar-refractivity contribution in [1.29, 1.82) is 0 Å². The van der Waals surface area contributed by atoms with Crippen molar-refractivity contribution in [2.24, 2.45) is 0 Å². The topological polar surface area (TPSA) is 64.6 Å². The molecule has 0 unspecified atom stereocenters. The summed E-state index contributed by atoms with van der Waals surface area (Å²) in [6, 6.07) is 6.83. The molecule has 5 nitrogen and oxygen atoms in total. The molecule has 1 N–H and O–H groups in total. The predicted octanol–water partition coefficient (Wildman–Crippen LogP) is 2.16. The molecule has 138 valence electrons. The molecule has 0 atom stereocenters. The van der Waals surface area contributed by atoms with Crippen LogP contribution in [0.5, 0.6) is 0 Å². The van der Waals surface area contributed by atoms with E-state index in [-0.39, 0.29) is 10.9 Å². The summed E-state index contributed by atoms with van der Waals surface area (Å²) in [5.41, 5.74) is -0.00184. The summed E-state index contributed by atoms with van der Waals surface area (Å²) in [4.78, 5) is 0.283. The highest BCUT2D eigenvalue weighted by Crippen LogP contribution is 2.36. The first kappa shape index (κ1) is 19.2. The largest absolute Gasteiger partial charge is 0.494 e. The van der Waals surface area contributed by atoms with Crippen LogP contribution in [0.4, 0.5) is 0 Å². The lowest BCUT2D eigenvalue weighted by Gasteiger charge is -2.32. The van der Waals surface area contributed by atoms with Crippen LogP contribution < -0.4 is 10.2 Å². The minimum absolute atomic E-state index is 0.0361. The standard InChI is InChI=1S/C17H26BNO4S2/c1-16(2)17(3,4)23-18(22-16)13-5-7-15(8-6-13)25(20,21)19-14-9-11-24-12-10-14/h5-8,14,19H,9-12H2,1-4H3. The highest BCUT2D eigenvalue weighted by molar-refractivity contribution is 7.99. The summed E-state index contributed by atoms with van der Waals surface area (Å²) in [7, 11) is -3.97. The normalized spacial score (nSPS) is 23.8. The van der Waals surface area contributed by atoms with Gasteiger partial charge in [-0.3, -0.25) is 0 Å². The molecule has 2 saturated heterocycles. The molecule has 0 radical (unpaired) electrons. The lowest BCUT2D eigenvalue weighted by molar-refractivity contribution is 0.00578. The van der Waals surface area contributed by atoms with Gasteiger partial charge in [-0.15, -0.1) is 0 Å². The maximum atomic E-state index is 12.6. The van der Waals surface area contributed by atoms with Crippen LogP contribution in [0.1, 0.15) is 40.5 Å². The number of hydrogen-bond acceptors (Lipinski definition) is 5. The second kappa shape index (κ2) is 6.89. The van der Waals surface area contributed by atoms with Crippen molar-refractivity contribution < 1.29 is 17.7 Å². The van der Waals surface area contributed by atoms with E-state index in [2.05, 4.69) is 4.72 Å². The van der Waals surface area contributed by atoms with E-state index >= 15 is 0 Å². The zero-order chi connectivity index (χ0) is 18.3. The van der Waals surface area contributed by atoms with Crippen molar-refractivity contribution in [3.63, 3.8) is 0 Å². The first-order valence-corrected chi connectivity index (χ1v) is 11.3. The molecule has 2 aliphatic heterocycles. The Bertz CT molecular complexity index is 697. The molecular formula is C17H26BNO4S2. The molecule has 2 aliphatic rings. The van der Waals surface area contributed by atoms with E-state index in [1.807, 2.05) is 39.5 Å². The van der Waals surface area contributed by atoms with E-state index in [9.17, 15) is 8.42 Å². The van der Waals surface area contributed by atoms with Gasteiger partial charge in [0.15, 0.2) is 0 Å². The predicted molar refractivity (Wildman–Crippen MR) is 103 cm³/mol. The van der Waals surface area contributed by atoms with Crippen LogP contribution in [0.15, 0.2) is 29.2 Å². The molecule has 8 heteroatoms. The van der Waals surface area contributed by atoms with Crippen LogP contribution in [0.2, 0.25) is 0 Å². The molecule has 1 aromatic carbocycles. The van der Waals surface area contributed by atoms with Gasteiger partial charge in [-0.2, -0.15) is 11.8 Å². The Morgan fingerprint density at radius 1 is 1.04 bits per heavy atom. The molecule has 0 saturated carbocycles. The second-order valence-electron chi connectivity index (χ2n) is 7.67. The van der Waals surface area contributed by atoms with Crippen LogP contribution in [0, 0.1) is 0 Å². The molecule has 0 bridgehead atoms. The Hall–Kier alpha value is -0.535. The molecular weight excluding hydrogens is 357 g/mol. The maximum Gasteiger partial charge on any atom is 0.494 e. The minimum atomic E-state index is -3.49. The lowest BCUT2D eigenvalue weighted by Crippen LogP contribution is -2.41. The van der Waals surface area contributed by atoms with E-state index in [4.69, 9.17) is 9.31 Å². The van der Waals surface area contributed by atoms with Crippen molar-refractivity contribution in [2.45, 2.75) is 62.7 Å². The maximum absolute atomic E-state index is 12.6. The third-order valence-electron chi connectivity index (χ3n) is 5.26. The molecule has 2 fully saturated rings. The van der Waals surface area contributed by atoms with Gasteiger partial charge in [-0.05, 0) is 69.6 Å². The monoisotopic (exact) mass is 383 g/mol. The van der Waals surface area contributed by atoms with Crippen molar-refractivity contribution in [1.82, 2.24) is 4.72 Å². The third-order valence-corrected chi connectivity index (χ3v) is 7.84. The average Bonchev–Trinajstić information content (AvgIpc) is 2.76. The number of hydrogen-bond donors (Lipinski definition) is 1. The fourth-order valence-electron chi connectivity index (χ4n) is 2.89. The minimum Gasteiger partial charge on any atom is -0.399 e. The highest BCUT2D eigenvalue weighted by Gasteiger charge is 2.51. The van der Waals surface area contributed by atoms with Gasteiger partial charge in [0, 0.05) is 6.04 Å². The fraction of sp³-hybridized carbons (Fsp3) is 0.647. The van der Waals surface area contributed by atoms with Crippen molar-refractivity contribution >= 4 is 34.4 Å². The summed E-state index contributed by atoms with van der Waals surface area (Å²) in [6.45, 7) is 7.99. The summed E-state index contributed by atoms with van der Waals surface area (Å²) >= 11 is 1.87. The summed E-state index contributed by atoms with van der Waals surface area (Å²) < 4.78 is 40.0. The van der Waals surface area contributed by atoms with E-state index in [0.29, 0.717) is 0 Å². The van der Waals surface area contributed by atoms with Crippen molar-refractivity contribution in [3.05, 3.63) is 24.3 Å². The molecule has 0 aromatic heterocycles. The smallest absolute Gasteiger partial charge is 0.399 e. The summed E-state index contributed by atoms with van der Waals surface area (Å²) in [6.07, 6.45) is 1.77. The number of thioether (sulfide) groups is 1. The zero-order valence-electron chi connectivity index (χ0n) is 15.2. The average molecular weight is 383 g/mol. The van der Waals surface area contributed by atoms with Crippen molar-refractivity contribution in [3.8, 4) is 0 Å². The Balaban J connectivity index is 1.72. The Morgan fingerprint density at radius 3 is 2.08 bits per heavy atom. The Kier molecular flexibility index (Phi) is 5.30. The molecule has 2 heterocycles. The molecule has 1 aromatic rings. The first-order chi connectivity index (χ1) is 11.6. The Labute approximate surface area is 155 Å². The van der Waals surface area contributed by atoms with Gasteiger partial charge in [0.25, 0.3) is 0 Å². The van der Waals surface area contributed by atoms with Gasteiger partial charge in [0.2, 0.25) is 10.0 Å². The highest BCUT2D eigenvalue weighted by atomic mass is 32.2. The quantitative estimate of drug-likeness (QED) is 0.808. The van der Waals surface area contributed by atoms with Crippen LogP contribution >= 0.6 is 11.8 Å². The molecule has 0 spiro atoms. The zero-order valence-corrected chi connectivity index (χ0v) is 16.9. The lowest BCUT2D eigenvalue weighted by atomic mass is 9.79. The van der Waals surface area contributed by atoms with E-state index in [1.165, 1.54) is 0 Å². The number of benzene rings is 1. The van der Waals surface area contributed by atoms with Gasteiger partial charge in [-0.25, -0.2) is 13.1 Å². The fourth-order valence-corrected chi connectivity index (χ4v) is 5.30. The van der Waals surface area contributed by atoms with Gasteiger partial charge in [0.05, 0.1) is 16.1 Å². The SMILES string of the molecule is CC1(C)OB(c2ccc(S(=O)(=O)NC3CCSCC3)cc2)OC1(C)C. The Morgan fingerprint density at radius 2 is 1.56 bits per heavy atom. The number of rotatable bonds is 4. The summed E-state index contributed by atoms with van der Waals surface area (Å²) in [5.74, 6) is 2.02. The van der Waals surface area contributed by atoms with Gasteiger partial charge < -0.3 is 9.31 Å². The molecule has 25 heavy (non-hydrogen) atoms. The third kappa shape index (κ3) is 4.08. The van der Waals surface area contributed by atoms with Crippen LogP contribution in [0.3, 0.4) is 0 Å². The van der Waals surface area contributed by atoms with Gasteiger partial charge in [-0.1, -0.05) is 12.1 Å². The van der Waals surface area contributed by atoms with Crippen LogP contribution in [-0.4, -0.2) is 44.3 Å². The first-order valence-electron chi connectivity index (χ1n) is 8.66.